The highest BCUT2D eigenvalue weighted by molar-refractivity contribution is 7.89. The molecule has 0 aromatic rings. The maximum atomic E-state index is 12.3. The van der Waals surface area contributed by atoms with E-state index in [-0.39, 0.29) is 18.2 Å². The second-order valence-corrected chi connectivity index (χ2v) is 9.05. The van der Waals surface area contributed by atoms with Gasteiger partial charge < -0.3 is 5.11 Å². The van der Waals surface area contributed by atoms with Crippen LogP contribution in [0, 0.1) is 23.7 Å². The average molecular weight is 301 g/mol. The van der Waals surface area contributed by atoms with E-state index in [9.17, 15) is 13.2 Å². The minimum absolute atomic E-state index is 0.113. The van der Waals surface area contributed by atoms with Crippen LogP contribution >= 0.6 is 0 Å². The second-order valence-electron chi connectivity index (χ2n) is 6.90. The number of carbonyl (C=O) groups is 1. The van der Waals surface area contributed by atoms with Crippen LogP contribution in [0.25, 0.3) is 0 Å². The summed E-state index contributed by atoms with van der Waals surface area (Å²) >= 11 is 0. The van der Waals surface area contributed by atoms with Gasteiger partial charge in [-0.05, 0) is 55.8 Å². The predicted octanol–water partition coefficient (Wildman–Crippen LogP) is 1.55. The van der Waals surface area contributed by atoms with E-state index in [2.05, 4.69) is 0 Å². The van der Waals surface area contributed by atoms with E-state index in [0.717, 1.165) is 37.5 Å². The Bertz CT molecular complexity index is 473. The van der Waals surface area contributed by atoms with Crippen LogP contribution in [0.1, 0.15) is 38.5 Å². The summed E-state index contributed by atoms with van der Waals surface area (Å²) in [5.41, 5.74) is 0. The standard InChI is InChI=1S/C14H23NO4S/c1-15(20(18,19)3-2-13(16)17)14-11-5-9-4-10(7-11)8-12(14)6-9/h9-12,14H,2-8H2,1H3,(H,16,17). The lowest BCUT2D eigenvalue weighted by molar-refractivity contribution is -0.136. The van der Waals surface area contributed by atoms with Gasteiger partial charge in [-0.2, -0.15) is 0 Å². The average Bonchev–Trinajstić information content (AvgIpc) is 2.35. The van der Waals surface area contributed by atoms with Gasteiger partial charge in [-0.15, -0.1) is 0 Å². The van der Waals surface area contributed by atoms with Crippen molar-refractivity contribution in [2.24, 2.45) is 23.7 Å². The van der Waals surface area contributed by atoms with Crippen LogP contribution in [0.3, 0.4) is 0 Å². The van der Waals surface area contributed by atoms with E-state index < -0.39 is 16.0 Å². The number of carboxylic acid groups (broad SMARTS) is 1. The Kier molecular flexibility index (Phi) is 3.57. The molecule has 0 aliphatic heterocycles. The zero-order valence-electron chi connectivity index (χ0n) is 11.9. The normalized spacial score (nSPS) is 39.4. The topological polar surface area (TPSA) is 74.7 Å². The molecule has 0 aromatic heterocycles. The Morgan fingerprint density at radius 2 is 1.60 bits per heavy atom. The van der Waals surface area contributed by atoms with Gasteiger partial charge in [-0.1, -0.05) is 0 Å². The Morgan fingerprint density at radius 3 is 2.05 bits per heavy atom. The molecule has 0 saturated heterocycles. The highest BCUT2D eigenvalue weighted by atomic mass is 32.2. The van der Waals surface area contributed by atoms with Gasteiger partial charge in [0.05, 0.1) is 12.2 Å². The Labute approximate surface area is 120 Å². The highest BCUT2D eigenvalue weighted by Crippen LogP contribution is 2.55. The SMILES string of the molecule is CN(C1C2CC3CC(C2)CC1C3)S(=O)(=O)CCC(=O)O. The van der Waals surface area contributed by atoms with Gasteiger partial charge in [-0.3, -0.25) is 4.79 Å². The van der Waals surface area contributed by atoms with E-state index in [1.165, 1.54) is 10.7 Å². The van der Waals surface area contributed by atoms with Crippen molar-refractivity contribution in [2.75, 3.05) is 12.8 Å². The van der Waals surface area contributed by atoms with Crippen molar-refractivity contribution in [1.29, 1.82) is 0 Å². The first-order valence-corrected chi connectivity index (χ1v) is 9.15. The summed E-state index contributed by atoms with van der Waals surface area (Å²) in [5, 5.41) is 8.69. The third kappa shape index (κ3) is 2.48. The van der Waals surface area contributed by atoms with Crippen molar-refractivity contribution in [1.82, 2.24) is 4.31 Å². The minimum Gasteiger partial charge on any atom is -0.481 e. The molecule has 4 rings (SSSR count). The summed E-state index contributed by atoms with van der Waals surface area (Å²) in [6, 6.07) is 0.113. The first-order chi connectivity index (χ1) is 9.37. The zero-order chi connectivity index (χ0) is 14.5. The van der Waals surface area contributed by atoms with Crippen LogP contribution in [0.4, 0.5) is 0 Å². The third-order valence-electron chi connectivity index (χ3n) is 5.61. The lowest BCUT2D eigenvalue weighted by Crippen LogP contribution is -2.56. The summed E-state index contributed by atoms with van der Waals surface area (Å²) < 4.78 is 26.2. The number of rotatable bonds is 5. The molecule has 5 nitrogen and oxygen atoms in total. The van der Waals surface area contributed by atoms with Gasteiger partial charge >= 0.3 is 5.97 Å². The summed E-state index contributed by atoms with van der Waals surface area (Å²) in [5.74, 6) is 1.29. The molecule has 1 N–H and O–H groups in total. The van der Waals surface area contributed by atoms with Gasteiger partial charge in [0, 0.05) is 13.1 Å². The van der Waals surface area contributed by atoms with Crippen LogP contribution in [-0.4, -0.2) is 42.6 Å². The fourth-order valence-corrected chi connectivity index (χ4v) is 6.47. The van der Waals surface area contributed by atoms with Gasteiger partial charge in [0.1, 0.15) is 0 Å². The molecule has 0 heterocycles. The van der Waals surface area contributed by atoms with E-state index in [0.29, 0.717) is 11.8 Å². The lowest BCUT2D eigenvalue weighted by Gasteiger charge is -2.56. The number of hydrogen-bond donors (Lipinski definition) is 1. The maximum absolute atomic E-state index is 12.3. The van der Waals surface area contributed by atoms with Crippen molar-refractivity contribution >= 4 is 16.0 Å². The number of sulfonamides is 1. The van der Waals surface area contributed by atoms with Crippen molar-refractivity contribution in [2.45, 2.75) is 44.6 Å². The molecule has 0 radical (unpaired) electrons. The molecule has 0 atom stereocenters. The molecule has 0 amide bonds. The highest BCUT2D eigenvalue weighted by Gasteiger charge is 2.51. The number of nitrogens with zero attached hydrogens (tertiary/aromatic N) is 1. The van der Waals surface area contributed by atoms with Crippen molar-refractivity contribution in [3.63, 3.8) is 0 Å². The second kappa shape index (κ2) is 4.98. The van der Waals surface area contributed by atoms with Crippen LogP contribution in [0.2, 0.25) is 0 Å². The predicted molar refractivity (Wildman–Crippen MR) is 74.6 cm³/mol. The molecule has 0 spiro atoms. The maximum Gasteiger partial charge on any atom is 0.304 e. The first-order valence-electron chi connectivity index (χ1n) is 7.54. The van der Waals surface area contributed by atoms with Crippen molar-refractivity contribution in [3.8, 4) is 0 Å². The molecular formula is C14H23NO4S. The lowest BCUT2D eigenvalue weighted by atomic mass is 9.54. The number of aliphatic carboxylic acids is 1. The molecule has 4 saturated carbocycles. The molecule has 0 aromatic carbocycles. The molecular weight excluding hydrogens is 278 g/mol. The van der Waals surface area contributed by atoms with Gasteiger partial charge in [0.15, 0.2) is 0 Å². The van der Waals surface area contributed by atoms with Gasteiger partial charge in [-0.25, -0.2) is 12.7 Å². The Morgan fingerprint density at radius 1 is 1.10 bits per heavy atom. The molecule has 4 aliphatic carbocycles. The van der Waals surface area contributed by atoms with Crippen molar-refractivity contribution < 1.29 is 18.3 Å². The molecule has 4 aliphatic rings. The quantitative estimate of drug-likeness (QED) is 0.836. The van der Waals surface area contributed by atoms with E-state index >= 15 is 0 Å². The van der Waals surface area contributed by atoms with Crippen molar-refractivity contribution in [3.05, 3.63) is 0 Å². The summed E-state index contributed by atoms with van der Waals surface area (Å²) in [4.78, 5) is 10.6. The van der Waals surface area contributed by atoms with Gasteiger partial charge in [0.2, 0.25) is 10.0 Å². The minimum atomic E-state index is -3.45. The fourth-order valence-electron chi connectivity index (χ4n) is 5.04. The molecule has 114 valence electrons. The van der Waals surface area contributed by atoms with E-state index in [4.69, 9.17) is 5.11 Å². The van der Waals surface area contributed by atoms with Crippen LogP contribution in [0.5, 0.6) is 0 Å². The summed E-state index contributed by atoms with van der Waals surface area (Å²) in [6.07, 6.45) is 5.69. The molecule has 4 fully saturated rings. The molecule has 20 heavy (non-hydrogen) atoms. The van der Waals surface area contributed by atoms with Gasteiger partial charge in [0.25, 0.3) is 0 Å². The van der Waals surface area contributed by atoms with Crippen LogP contribution in [-0.2, 0) is 14.8 Å². The first kappa shape index (κ1) is 14.3. The smallest absolute Gasteiger partial charge is 0.304 e. The monoisotopic (exact) mass is 301 g/mol. The Hall–Kier alpha value is -0.620. The molecule has 6 heteroatoms. The summed E-state index contributed by atoms with van der Waals surface area (Å²) in [6.45, 7) is 0. The Balaban J connectivity index is 1.74. The third-order valence-corrected chi connectivity index (χ3v) is 7.45. The molecule has 4 bridgehead atoms. The fraction of sp³-hybridized carbons (Fsp3) is 0.929. The zero-order valence-corrected chi connectivity index (χ0v) is 12.7. The largest absolute Gasteiger partial charge is 0.481 e. The summed E-state index contributed by atoms with van der Waals surface area (Å²) in [7, 11) is -1.79. The van der Waals surface area contributed by atoms with E-state index in [1.807, 2.05) is 0 Å². The molecule has 0 unspecified atom stereocenters. The van der Waals surface area contributed by atoms with Crippen LogP contribution < -0.4 is 0 Å². The van der Waals surface area contributed by atoms with Crippen LogP contribution in [0.15, 0.2) is 0 Å². The number of carboxylic acids is 1. The number of hydrogen-bond acceptors (Lipinski definition) is 3. The van der Waals surface area contributed by atoms with E-state index in [1.54, 1.807) is 7.05 Å².